The topological polar surface area (TPSA) is 62.3 Å². The molecule has 6 heteroatoms. The van der Waals surface area contributed by atoms with Crippen molar-refractivity contribution in [2.75, 3.05) is 6.54 Å². The number of fused-ring (bicyclic) bond motifs is 1. The number of amides is 2. The second-order valence-corrected chi connectivity index (χ2v) is 6.71. The molecular weight excluding hydrogens is 286 g/mol. The van der Waals surface area contributed by atoms with Crippen LogP contribution < -0.4 is 5.32 Å². The van der Waals surface area contributed by atoms with E-state index in [9.17, 15) is 9.59 Å². The van der Waals surface area contributed by atoms with Crippen molar-refractivity contribution in [1.29, 1.82) is 0 Å². The molecule has 0 spiro atoms. The van der Waals surface area contributed by atoms with E-state index in [1.54, 1.807) is 16.2 Å². The van der Waals surface area contributed by atoms with E-state index in [-0.39, 0.29) is 24.4 Å². The molecule has 0 bridgehead atoms. The first-order chi connectivity index (χ1) is 10.2. The van der Waals surface area contributed by atoms with Crippen LogP contribution in [0.4, 0.5) is 0 Å². The van der Waals surface area contributed by atoms with Crippen LogP contribution in [-0.4, -0.2) is 34.3 Å². The minimum absolute atomic E-state index is 0.00856. The molecule has 5 nitrogen and oxygen atoms in total. The summed E-state index contributed by atoms with van der Waals surface area (Å²) in [7, 11) is 0. The number of piperazine rings is 1. The van der Waals surface area contributed by atoms with Crippen molar-refractivity contribution in [2.24, 2.45) is 5.92 Å². The van der Waals surface area contributed by atoms with E-state index in [4.69, 9.17) is 0 Å². The Morgan fingerprint density at radius 2 is 2.10 bits per heavy atom. The van der Waals surface area contributed by atoms with Gasteiger partial charge < -0.3 is 10.2 Å². The van der Waals surface area contributed by atoms with E-state index >= 15 is 0 Å². The lowest BCUT2D eigenvalue weighted by Gasteiger charge is -2.34. The van der Waals surface area contributed by atoms with E-state index in [0.29, 0.717) is 12.5 Å². The van der Waals surface area contributed by atoms with Crippen LogP contribution in [-0.2, 0) is 16.1 Å². The fourth-order valence-corrected chi connectivity index (χ4v) is 3.83. The van der Waals surface area contributed by atoms with E-state index in [0.717, 1.165) is 28.1 Å². The Morgan fingerprint density at radius 3 is 2.86 bits per heavy atom. The normalized spacial score (nSPS) is 22.7. The van der Waals surface area contributed by atoms with E-state index in [2.05, 4.69) is 10.3 Å². The fraction of sp³-hybridized carbons (Fsp3) is 0.400. The first kappa shape index (κ1) is 12.8. The van der Waals surface area contributed by atoms with Gasteiger partial charge in [-0.15, -0.1) is 11.3 Å². The third kappa shape index (κ3) is 2.29. The summed E-state index contributed by atoms with van der Waals surface area (Å²) < 4.78 is 1.12. The summed E-state index contributed by atoms with van der Waals surface area (Å²) in [5, 5.41) is 3.59. The number of rotatable bonds is 3. The molecule has 1 atom stereocenters. The number of hydrogen-bond acceptors (Lipinski definition) is 4. The Bertz CT molecular complexity index is 690. The molecule has 1 aliphatic heterocycles. The number of nitrogens with zero attached hydrogens (tertiary/aromatic N) is 2. The van der Waals surface area contributed by atoms with Crippen LogP contribution in [0.25, 0.3) is 10.2 Å². The number of aromatic nitrogens is 1. The number of para-hydroxylation sites is 1. The molecule has 1 unspecified atom stereocenters. The minimum Gasteiger partial charge on any atom is -0.345 e. The van der Waals surface area contributed by atoms with Crippen LogP contribution in [0.2, 0.25) is 0 Å². The SMILES string of the molecule is O=C1NCC(=O)N(Cc2nc3ccccc3s2)C1C1CC1. The molecule has 2 fully saturated rings. The van der Waals surface area contributed by atoms with Gasteiger partial charge in [-0.1, -0.05) is 12.1 Å². The lowest BCUT2D eigenvalue weighted by molar-refractivity contribution is -0.147. The molecule has 4 rings (SSSR count). The highest BCUT2D eigenvalue weighted by atomic mass is 32.1. The first-order valence-electron chi connectivity index (χ1n) is 7.14. The molecule has 2 aliphatic rings. The molecule has 1 aliphatic carbocycles. The van der Waals surface area contributed by atoms with Gasteiger partial charge in [0.15, 0.2) is 0 Å². The van der Waals surface area contributed by atoms with Crippen molar-refractivity contribution in [3.63, 3.8) is 0 Å². The van der Waals surface area contributed by atoms with Gasteiger partial charge in [0, 0.05) is 0 Å². The maximum absolute atomic E-state index is 12.2. The van der Waals surface area contributed by atoms with E-state index in [1.165, 1.54) is 0 Å². The second kappa shape index (κ2) is 4.80. The molecule has 1 saturated carbocycles. The van der Waals surface area contributed by atoms with Crippen LogP contribution in [0.15, 0.2) is 24.3 Å². The number of carbonyl (C=O) groups excluding carboxylic acids is 2. The van der Waals surface area contributed by atoms with Crippen LogP contribution in [0.3, 0.4) is 0 Å². The van der Waals surface area contributed by atoms with Gasteiger partial charge in [0.1, 0.15) is 11.0 Å². The number of nitrogens with one attached hydrogen (secondary N) is 1. The zero-order valence-electron chi connectivity index (χ0n) is 11.4. The highest BCUT2D eigenvalue weighted by Crippen LogP contribution is 2.37. The largest absolute Gasteiger partial charge is 0.345 e. The van der Waals surface area contributed by atoms with Crippen molar-refractivity contribution in [2.45, 2.75) is 25.4 Å². The highest BCUT2D eigenvalue weighted by molar-refractivity contribution is 7.18. The Hall–Kier alpha value is -1.95. The van der Waals surface area contributed by atoms with E-state index in [1.807, 2.05) is 24.3 Å². The lowest BCUT2D eigenvalue weighted by Crippen LogP contribution is -2.58. The lowest BCUT2D eigenvalue weighted by atomic mass is 10.1. The predicted molar refractivity (Wildman–Crippen MR) is 79.7 cm³/mol. The van der Waals surface area contributed by atoms with Crippen molar-refractivity contribution in [1.82, 2.24) is 15.2 Å². The smallest absolute Gasteiger partial charge is 0.243 e. The van der Waals surface area contributed by atoms with Crippen LogP contribution in [0.5, 0.6) is 0 Å². The maximum atomic E-state index is 12.2. The average Bonchev–Trinajstić information content (AvgIpc) is 3.22. The number of thiazole rings is 1. The standard InChI is InChI=1S/C15H15N3O2S/c19-13-7-16-15(20)14(9-5-6-9)18(13)8-12-17-10-3-1-2-4-11(10)21-12/h1-4,9,14H,5-8H2,(H,16,20). The average molecular weight is 301 g/mol. The molecule has 1 aromatic carbocycles. The summed E-state index contributed by atoms with van der Waals surface area (Å²) in [5.41, 5.74) is 0.953. The Morgan fingerprint density at radius 1 is 1.29 bits per heavy atom. The molecule has 108 valence electrons. The van der Waals surface area contributed by atoms with Crippen molar-refractivity contribution < 1.29 is 9.59 Å². The van der Waals surface area contributed by atoms with E-state index < -0.39 is 0 Å². The Labute approximate surface area is 126 Å². The zero-order valence-corrected chi connectivity index (χ0v) is 12.2. The van der Waals surface area contributed by atoms with Gasteiger partial charge in [0.25, 0.3) is 0 Å². The molecular formula is C15H15N3O2S. The second-order valence-electron chi connectivity index (χ2n) is 5.60. The van der Waals surface area contributed by atoms with Gasteiger partial charge in [0.2, 0.25) is 11.8 Å². The van der Waals surface area contributed by atoms with Crippen LogP contribution in [0, 0.1) is 5.92 Å². The van der Waals surface area contributed by atoms with Crippen molar-refractivity contribution >= 4 is 33.4 Å². The number of carbonyl (C=O) groups is 2. The Balaban J connectivity index is 1.63. The Kier molecular flexibility index (Phi) is 2.92. The molecule has 1 saturated heterocycles. The van der Waals surface area contributed by atoms with Gasteiger partial charge in [-0.2, -0.15) is 0 Å². The van der Waals surface area contributed by atoms with Gasteiger partial charge >= 0.3 is 0 Å². The molecule has 1 aromatic heterocycles. The van der Waals surface area contributed by atoms with Gasteiger partial charge in [-0.3, -0.25) is 9.59 Å². The quantitative estimate of drug-likeness (QED) is 0.935. The molecule has 21 heavy (non-hydrogen) atoms. The molecule has 0 radical (unpaired) electrons. The first-order valence-corrected chi connectivity index (χ1v) is 7.95. The van der Waals surface area contributed by atoms with Gasteiger partial charge in [-0.05, 0) is 30.9 Å². The summed E-state index contributed by atoms with van der Waals surface area (Å²) in [6, 6.07) is 7.63. The number of hydrogen-bond donors (Lipinski definition) is 1. The summed E-state index contributed by atoms with van der Waals surface area (Å²) in [6.45, 7) is 0.541. The third-order valence-corrected chi connectivity index (χ3v) is 5.07. The van der Waals surface area contributed by atoms with Gasteiger partial charge in [-0.25, -0.2) is 4.98 Å². The summed E-state index contributed by atoms with van der Waals surface area (Å²) in [4.78, 5) is 30.6. The summed E-state index contributed by atoms with van der Waals surface area (Å²) >= 11 is 1.59. The third-order valence-electron chi connectivity index (χ3n) is 4.05. The fourth-order valence-electron chi connectivity index (χ4n) is 2.87. The predicted octanol–water partition coefficient (Wildman–Crippen LogP) is 1.53. The van der Waals surface area contributed by atoms with Crippen LogP contribution >= 0.6 is 11.3 Å². The van der Waals surface area contributed by atoms with Crippen LogP contribution in [0.1, 0.15) is 17.8 Å². The monoisotopic (exact) mass is 301 g/mol. The highest BCUT2D eigenvalue weighted by Gasteiger charge is 2.44. The summed E-state index contributed by atoms with van der Waals surface area (Å²) in [6.07, 6.45) is 2.06. The van der Waals surface area contributed by atoms with Crippen molar-refractivity contribution in [3.8, 4) is 0 Å². The maximum Gasteiger partial charge on any atom is 0.243 e. The molecule has 2 heterocycles. The molecule has 1 N–H and O–H groups in total. The molecule has 2 aromatic rings. The summed E-state index contributed by atoms with van der Waals surface area (Å²) in [5.74, 6) is 0.299. The number of benzene rings is 1. The molecule has 2 amide bonds. The van der Waals surface area contributed by atoms with Crippen molar-refractivity contribution in [3.05, 3.63) is 29.3 Å². The zero-order chi connectivity index (χ0) is 14.4. The van der Waals surface area contributed by atoms with Gasteiger partial charge in [0.05, 0.1) is 23.3 Å². The minimum atomic E-state index is -0.307.